The minimum Gasteiger partial charge on any atom is -0.508 e. The summed E-state index contributed by atoms with van der Waals surface area (Å²) in [6.07, 6.45) is 2.61. The van der Waals surface area contributed by atoms with E-state index in [0.29, 0.717) is 17.2 Å². The van der Waals surface area contributed by atoms with E-state index in [1.807, 2.05) is 0 Å². The molecule has 0 saturated heterocycles. The number of rotatable bonds is 3. The summed E-state index contributed by atoms with van der Waals surface area (Å²) in [7, 11) is 0. The Bertz CT molecular complexity index is 1060. The van der Waals surface area contributed by atoms with Crippen LogP contribution in [0.2, 0.25) is 0 Å². The largest absolute Gasteiger partial charge is 0.508 e. The lowest BCUT2D eigenvalue weighted by atomic mass is 10.1. The van der Waals surface area contributed by atoms with Crippen molar-refractivity contribution >= 4 is 34.8 Å². The maximum Gasteiger partial charge on any atom is 0.335 e. The molecule has 0 bridgehead atoms. The lowest BCUT2D eigenvalue weighted by molar-refractivity contribution is -0.132. The highest BCUT2D eigenvalue weighted by Crippen LogP contribution is 2.30. The van der Waals surface area contributed by atoms with Gasteiger partial charge in [0, 0.05) is 17.2 Å². The van der Waals surface area contributed by atoms with Crippen molar-refractivity contribution in [1.29, 1.82) is 0 Å². The van der Waals surface area contributed by atoms with Gasteiger partial charge in [-0.3, -0.25) is 14.4 Å². The Balaban J connectivity index is 0.000000266. The lowest BCUT2D eigenvalue weighted by Gasteiger charge is -2.02. The van der Waals surface area contributed by atoms with Gasteiger partial charge in [0.05, 0.1) is 12.8 Å². The van der Waals surface area contributed by atoms with Crippen LogP contribution < -0.4 is 14.2 Å². The number of fused-ring (bicyclic) bond motifs is 2. The van der Waals surface area contributed by atoms with Crippen LogP contribution in [0.15, 0.2) is 61.7 Å². The fraction of sp³-hybridized carbons (Fsp3) is 0.130. The lowest BCUT2D eigenvalue weighted by Crippen LogP contribution is -2.02. The number of benzene rings is 2. The maximum absolute atomic E-state index is 10.9. The second kappa shape index (κ2) is 12.1. The number of halogens is 1. The van der Waals surface area contributed by atoms with Gasteiger partial charge in [0.1, 0.15) is 23.0 Å². The highest BCUT2D eigenvalue weighted by atomic mass is 35.5. The fourth-order valence-electron chi connectivity index (χ4n) is 2.45. The predicted octanol–water partition coefficient (Wildman–Crippen LogP) is 3.67. The van der Waals surface area contributed by atoms with E-state index in [9.17, 15) is 19.2 Å². The summed E-state index contributed by atoms with van der Waals surface area (Å²) in [5, 5.41) is 8.51. The van der Waals surface area contributed by atoms with E-state index in [1.165, 1.54) is 6.07 Å². The van der Waals surface area contributed by atoms with Crippen LogP contribution in [0.5, 0.6) is 23.0 Å². The van der Waals surface area contributed by atoms with Crippen LogP contribution in [0.25, 0.3) is 0 Å². The number of aromatic hydroxyl groups is 1. The molecule has 8 nitrogen and oxygen atoms in total. The summed E-state index contributed by atoms with van der Waals surface area (Å²) in [6.45, 7) is 6.37. The van der Waals surface area contributed by atoms with Crippen LogP contribution in [0, 0.1) is 0 Å². The molecule has 2 heterocycles. The van der Waals surface area contributed by atoms with Crippen molar-refractivity contribution in [3.05, 3.63) is 72.8 Å². The summed E-state index contributed by atoms with van der Waals surface area (Å²) in [6, 6.07) is 9.42. The van der Waals surface area contributed by atoms with Gasteiger partial charge in [0.15, 0.2) is 0 Å². The number of allylic oxidation sites excluding steroid dienone is 1. The molecule has 0 amide bonds. The molecule has 2 aliphatic rings. The van der Waals surface area contributed by atoms with Crippen LogP contribution in [0.1, 0.15) is 18.6 Å². The van der Waals surface area contributed by atoms with Gasteiger partial charge in [0.25, 0.3) is 0 Å². The number of carbonyl (C=O) groups is 4. The molecule has 2 aromatic carbocycles. The number of hydrogen-bond donors (Lipinski definition) is 1. The molecule has 9 heteroatoms. The Morgan fingerprint density at radius 3 is 1.94 bits per heavy atom. The van der Waals surface area contributed by atoms with Crippen molar-refractivity contribution in [2.45, 2.75) is 20.3 Å². The predicted molar refractivity (Wildman–Crippen MR) is 117 cm³/mol. The number of phenols is 1. The molecule has 0 fully saturated rings. The zero-order chi connectivity index (χ0) is 23.0. The number of phenolic OH excluding ortho intramolecular Hbond substituents is 1. The van der Waals surface area contributed by atoms with Crippen molar-refractivity contribution in [2.75, 3.05) is 0 Å². The number of esters is 3. The van der Waals surface area contributed by atoms with Crippen molar-refractivity contribution in [2.24, 2.45) is 0 Å². The number of ether oxygens (including phenoxy) is 3. The first kappa shape index (κ1) is 26.1. The topological polar surface area (TPSA) is 116 Å². The summed E-state index contributed by atoms with van der Waals surface area (Å²) < 4.78 is 14.6. The van der Waals surface area contributed by atoms with Gasteiger partial charge < -0.3 is 19.3 Å². The molecule has 0 unspecified atom stereocenters. The second-order valence-corrected chi connectivity index (χ2v) is 6.37. The van der Waals surface area contributed by atoms with Crippen LogP contribution in [-0.4, -0.2) is 28.3 Å². The van der Waals surface area contributed by atoms with E-state index in [1.54, 1.807) is 30.3 Å². The quantitative estimate of drug-likeness (QED) is 0.319. The zero-order valence-corrected chi connectivity index (χ0v) is 16.9. The van der Waals surface area contributed by atoms with Gasteiger partial charge in [-0.2, -0.15) is 0 Å². The van der Waals surface area contributed by atoms with Gasteiger partial charge in [-0.15, -0.1) is 0 Å². The maximum atomic E-state index is 10.9. The van der Waals surface area contributed by atoms with E-state index in [-0.39, 0.29) is 38.0 Å². The van der Waals surface area contributed by atoms with Gasteiger partial charge in [-0.1, -0.05) is 20.6 Å². The third kappa shape index (κ3) is 7.73. The number of carbonyl (C=O) groups excluding carboxylic acids is 4. The van der Waals surface area contributed by atoms with Gasteiger partial charge in [-0.05, 0) is 54.1 Å². The first-order valence-corrected chi connectivity index (χ1v) is 9.12. The Morgan fingerprint density at radius 2 is 1.44 bits per heavy atom. The fourth-order valence-corrected chi connectivity index (χ4v) is 2.45. The van der Waals surface area contributed by atoms with Crippen LogP contribution >= 0.6 is 11.6 Å². The van der Waals surface area contributed by atoms with Gasteiger partial charge >= 0.3 is 17.9 Å². The highest BCUT2D eigenvalue weighted by molar-refractivity contribution is 6.66. The molecule has 1 N–H and O–H groups in total. The Labute approximate surface area is 189 Å². The molecule has 168 valence electrons. The third-order valence-electron chi connectivity index (χ3n) is 3.74. The second-order valence-electron chi connectivity index (χ2n) is 6.00. The van der Waals surface area contributed by atoms with Gasteiger partial charge in [-0.25, -0.2) is 4.79 Å². The monoisotopic (exact) mass is 460 g/mol. The van der Waals surface area contributed by atoms with Gasteiger partial charge in [0.2, 0.25) is 5.24 Å². The van der Waals surface area contributed by atoms with E-state index in [4.69, 9.17) is 30.9 Å². The molecule has 0 aromatic heterocycles. The molecule has 0 atom stereocenters. The first-order chi connectivity index (χ1) is 14.7. The molecule has 32 heavy (non-hydrogen) atoms. The molecular formula is C23H21ClO8. The molecule has 0 saturated carbocycles. The van der Waals surface area contributed by atoms with Crippen LogP contribution in [-0.2, 0) is 32.0 Å². The summed E-state index contributed by atoms with van der Waals surface area (Å²) in [5.74, 6) is 0.563. The summed E-state index contributed by atoms with van der Waals surface area (Å²) in [4.78, 5) is 42.0. The number of hydrogen-bond acceptors (Lipinski definition) is 8. The van der Waals surface area contributed by atoms with E-state index >= 15 is 0 Å². The normalized spacial score (nSPS) is 12.0. The minimum absolute atomic E-state index is 0. The molecule has 0 radical (unpaired) electrons. The molecule has 2 aromatic rings. The average Bonchev–Trinajstić information content (AvgIpc) is 3.28. The first-order valence-electron chi connectivity index (χ1n) is 8.74. The van der Waals surface area contributed by atoms with Crippen molar-refractivity contribution < 1.29 is 38.5 Å². The van der Waals surface area contributed by atoms with Crippen molar-refractivity contribution in [1.82, 2.24) is 0 Å². The Hall–Kier alpha value is -3.91. The van der Waals surface area contributed by atoms with Crippen LogP contribution in [0.4, 0.5) is 0 Å². The molecule has 4 rings (SSSR count). The summed E-state index contributed by atoms with van der Waals surface area (Å²) >= 11 is 4.71. The molecule has 0 spiro atoms. The third-order valence-corrected chi connectivity index (χ3v) is 3.89. The van der Waals surface area contributed by atoms with Crippen molar-refractivity contribution in [3.8, 4) is 23.0 Å². The van der Waals surface area contributed by atoms with E-state index in [0.717, 1.165) is 23.3 Å². The van der Waals surface area contributed by atoms with Crippen molar-refractivity contribution in [3.63, 3.8) is 0 Å². The Morgan fingerprint density at radius 1 is 0.938 bits per heavy atom. The molecule has 0 aliphatic carbocycles. The van der Waals surface area contributed by atoms with Crippen LogP contribution in [0.3, 0.4) is 0 Å². The molecule has 2 aliphatic heterocycles. The van der Waals surface area contributed by atoms with E-state index in [2.05, 4.69) is 13.2 Å². The smallest absolute Gasteiger partial charge is 0.335 e. The average molecular weight is 461 g/mol. The zero-order valence-electron chi connectivity index (χ0n) is 16.1. The minimum atomic E-state index is -0.528. The molecular weight excluding hydrogens is 440 g/mol. The standard InChI is InChI=1S/C11H8O4.C8H6O3.C3H3ClO.CH4/c1-2-10(12)14-8-3-4-9-7(5-8)6-11(13)15-9;9-6-1-2-7-5(3-6)4-8(10)11-7;1-2-3(4)5;/h2-5H,1,6H2;1-3,9H,4H2;2H,1H2;1H4. The SMILES string of the molecule is C.C=CC(=O)Cl.C=CC(=O)Oc1ccc2c(c1)CC(=O)O2.O=C1Cc2cc(O)ccc2O1. The highest BCUT2D eigenvalue weighted by Gasteiger charge is 2.21. The summed E-state index contributed by atoms with van der Waals surface area (Å²) in [5.41, 5.74) is 1.49. The van der Waals surface area contributed by atoms with E-state index < -0.39 is 11.2 Å². The Kier molecular flexibility index (Phi) is 9.85.